The first kappa shape index (κ1) is 13.1. The number of ether oxygens (including phenoxy) is 1. The maximum atomic E-state index is 6.56. The number of methoxy groups -OCH3 is 1. The van der Waals surface area contributed by atoms with Gasteiger partial charge in [0.25, 0.3) is 0 Å². The van der Waals surface area contributed by atoms with Gasteiger partial charge in [-0.15, -0.1) is 11.6 Å². The molecular formula is C17H15ClO2. The first-order valence-electron chi connectivity index (χ1n) is 6.51. The van der Waals surface area contributed by atoms with Crippen molar-refractivity contribution in [3.05, 3.63) is 65.9 Å². The molecule has 3 aromatic rings. The maximum absolute atomic E-state index is 6.56. The van der Waals surface area contributed by atoms with Gasteiger partial charge in [-0.1, -0.05) is 30.3 Å². The van der Waals surface area contributed by atoms with Crippen molar-refractivity contribution in [1.29, 1.82) is 0 Å². The number of alkyl halides is 1. The summed E-state index contributed by atoms with van der Waals surface area (Å²) in [7, 11) is 1.67. The van der Waals surface area contributed by atoms with Crippen LogP contribution in [-0.2, 0) is 6.42 Å². The second kappa shape index (κ2) is 5.59. The van der Waals surface area contributed by atoms with Gasteiger partial charge in [0.05, 0.1) is 18.8 Å². The highest BCUT2D eigenvalue weighted by atomic mass is 35.5. The lowest BCUT2D eigenvalue weighted by Crippen LogP contribution is -1.95. The second-order valence-corrected chi connectivity index (χ2v) is 5.24. The van der Waals surface area contributed by atoms with Crippen LogP contribution in [0.2, 0.25) is 0 Å². The van der Waals surface area contributed by atoms with Crippen molar-refractivity contribution >= 4 is 22.6 Å². The van der Waals surface area contributed by atoms with E-state index in [1.807, 2.05) is 42.5 Å². The van der Waals surface area contributed by atoms with Gasteiger partial charge >= 0.3 is 0 Å². The summed E-state index contributed by atoms with van der Waals surface area (Å²) in [6, 6.07) is 15.9. The Labute approximate surface area is 122 Å². The Morgan fingerprint density at radius 3 is 2.85 bits per heavy atom. The molecule has 0 saturated carbocycles. The van der Waals surface area contributed by atoms with Crippen molar-refractivity contribution in [2.75, 3.05) is 7.11 Å². The molecule has 0 amide bonds. The van der Waals surface area contributed by atoms with Gasteiger partial charge < -0.3 is 9.15 Å². The number of rotatable bonds is 4. The van der Waals surface area contributed by atoms with Crippen molar-refractivity contribution in [3.63, 3.8) is 0 Å². The van der Waals surface area contributed by atoms with E-state index in [9.17, 15) is 0 Å². The lowest BCUT2D eigenvalue weighted by atomic mass is 10.0. The van der Waals surface area contributed by atoms with Crippen molar-refractivity contribution in [3.8, 4) is 5.75 Å². The fourth-order valence-electron chi connectivity index (χ4n) is 2.36. The molecule has 1 atom stereocenters. The normalized spacial score (nSPS) is 12.5. The van der Waals surface area contributed by atoms with Crippen molar-refractivity contribution in [2.45, 2.75) is 11.8 Å². The summed E-state index contributed by atoms with van der Waals surface area (Å²) in [5, 5.41) is 0.959. The number of hydrogen-bond donors (Lipinski definition) is 0. The minimum atomic E-state index is -0.120. The van der Waals surface area contributed by atoms with Crippen LogP contribution in [0.1, 0.15) is 16.5 Å². The van der Waals surface area contributed by atoms with Gasteiger partial charge in [-0.05, 0) is 30.2 Å². The summed E-state index contributed by atoms with van der Waals surface area (Å²) < 4.78 is 10.8. The van der Waals surface area contributed by atoms with Crippen LogP contribution < -0.4 is 4.74 Å². The van der Waals surface area contributed by atoms with Gasteiger partial charge in [0.15, 0.2) is 0 Å². The lowest BCUT2D eigenvalue weighted by molar-refractivity contribution is 0.414. The molecule has 0 saturated heterocycles. The van der Waals surface area contributed by atoms with Crippen LogP contribution >= 0.6 is 11.6 Å². The molecule has 0 bridgehead atoms. The third kappa shape index (κ3) is 2.52. The van der Waals surface area contributed by atoms with E-state index in [1.165, 1.54) is 0 Å². The van der Waals surface area contributed by atoms with E-state index in [2.05, 4.69) is 6.07 Å². The average molecular weight is 287 g/mol. The van der Waals surface area contributed by atoms with Crippen molar-refractivity contribution in [1.82, 2.24) is 0 Å². The number of fused-ring (bicyclic) bond motifs is 1. The van der Waals surface area contributed by atoms with E-state index in [1.54, 1.807) is 13.4 Å². The number of benzene rings is 2. The van der Waals surface area contributed by atoms with E-state index in [0.717, 1.165) is 34.3 Å². The van der Waals surface area contributed by atoms with Crippen LogP contribution in [0.4, 0.5) is 0 Å². The molecule has 0 aliphatic carbocycles. The molecule has 2 nitrogen and oxygen atoms in total. The van der Waals surface area contributed by atoms with Crippen molar-refractivity contribution < 1.29 is 9.15 Å². The van der Waals surface area contributed by atoms with E-state index in [0.29, 0.717) is 0 Å². The number of halogens is 1. The molecule has 1 unspecified atom stereocenters. The highest BCUT2D eigenvalue weighted by Gasteiger charge is 2.15. The molecular weight excluding hydrogens is 272 g/mol. The summed E-state index contributed by atoms with van der Waals surface area (Å²) in [4.78, 5) is 0. The Kier molecular flexibility index (Phi) is 3.66. The molecule has 3 heteroatoms. The molecule has 0 aliphatic heterocycles. The topological polar surface area (TPSA) is 22.4 Å². The van der Waals surface area contributed by atoms with Gasteiger partial charge in [0, 0.05) is 10.9 Å². The largest absolute Gasteiger partial charge is 0.497 e. The number of hydrogen-bond acceptors (Lipinski definition) is 2. The fourth-order valence-corrected chi connectivity index (χ4v) is 2.70. The zero-order chi connectivity index (χ0) is 13.9. The Balaban J connectivity index is 1.87. The van der Waals surface area contributed by atoms with E-state index < -0.39 is 0 Å². The molecule has 20 heavy (non-hydrogen) atoms. The second-order valence-electron chi connectivity index (χ2n) is 4.71. The first-order valence-corrected chi connectivity index (χ1v) is 6.94. The lowest BCUT2D eigenvalue weighted by Gasteiger charge is -2.09. The van der Waals surface area contributed by atoms with Gasteiger partial charge in [-0.3, -0.25) is 0 Å². The van der Waals surface area contributed by atoms with Gasteiger partial charge in [0.2, 0.25) is 0 Å². The first-order chi connectivity index (χ1) is 9.78. The van der Waals surface area contributed by atoms with E-state index in [-0.39, 0.29) is 5.38 Å². The number of furan rings is 1. The minimum absolute atomic E-state index is 0.120. The third-order valence-electron chi connectivity index (χ3n) is 3.40. The van der Waals surface area contributed by atoms with Crippen LogP contribution in [-0.4, -0.2) is 7.11 Å². The molecule has 0 radical (unpaired) electrons. The molecule has 102 valence electrons. The standard InChI is InChI=1S/C17H15ClO2/c1-19-13-6-4-5-12(9-13)10-16(18)15-11-20-17-8-3-2-7-14(15)17/h2-9,11,16H,10H2,1H3. The van der Waals surface area contributed by atoms with Crippen molar-refractivity contribution in [2.24, 2.45) is 0 Å². The SMILES string of the molecule is COc1cccc(CC(Cl)c2coc3ccccc23)c1. The van der Waals surface area contributed by atoms with Crippen LogP contribution in [0, 0.1) is 0 Å². The predicted octanol–water partition coefficient (Wildman–Crippen LogP) is 4.96. The van der Waals surface area contributed by atoms with Gasteiger partial charge in [0.1, 0.15) is 11.3 Å². The van der Waals surface area contributed by atoms with Gasteiger partial charge in [-0.2, -0.15) is 0 Å². The summed E-state index contributed by atoms with van der Waals surface area (Å²) in [5.74, 6) is 0.850. The Bertz CT molecular complexity index is 718. The Hall–Kier alpha value is -1.93. The van der Waals surface area contributed by atoms with Gasteiger partial charge in [-0.25, -0.2) is 0 Å². The molecule has 1 aromatic heterocycles. The van der Waals surface area contributed by atoms with Crippen LogP contribution in [0.25, 0.3) is 11.0 Å². The Morgan fingerprint density at radius 2 is 2.00 bits per heavy atom. The summed E-state index contributed by atoms with van der Waals surface area (Å²) >= 11 is 6.56. The molecule has 0 aliphatic rings. The summed E-state index contributed by atoms with van der Waals surface area (Å²) in [6.45, 7) is 0. The zero-order valence-electron chi connectivity index (χ0n) is 11.2. The molecule has 3 rings (SSSR count). The van der Waals surface area contributed by atoms with Crippen LogP contribution in [0.15, 0.2) is 59.2 Å². The third-order valence-corrected chi connectivity index (χ3v) is 3.79. The maximum Gasteiger partial charge on any atom is 0.134 e. The quantitative estimate of drug-likeness (QED) is 0.632. The Morgan fingerprint density at radius 1 is 1.15 bits per heavy atom. The number of para-hydroxylation sites is 1. The van der Waals surface area contributed by atoms with Crippen LogP contribution in [0.3, 0.4) is 0 Å². The van der Waals surface area contributed by atoms with E-state index >= 15 is 0 Å². The highest BCUT2D eigenvalue weighted by molar-refractivity contribution is 6.21. The summed E-state index contributed by atoms with van der Waals surface area (Å²) in [5.41, 5.74) is 3.05. The molecule has 0 spiro atoms. The molecule has 0 fully saturated rings. The minimum Gasteiger partial charge on any atom is -0.497 e. The molecule has 2 aromatic carbocycles. The average Bonchev–Trinajstić information content (AvgIpc) is 2.91. The van der Waals surface area contributed by atoms with E-state index in [4.69, 9.17) is 20.8 Å². The smallest absolute Gasteiger partial charge is 0.134 e. The monoisotopic (exact) mass is 286 g/mol. The molecule has 1 heterocycles. The van der Waals surface area contributed by atoms with Crippen LogP contribution in [0.5, 0.6) is 5.75 Å². The predicted molar refractivity (Wildman–Crippen MR) is 81.5 cm³/mol. The molecule has 0 N–H and O–H groups in total. The highest BCUT2D eigenvalue weighted by Crippen LogP contribution is 2.33. The zero-order valence-corrected chi connectivity index (χ0v) is 11.9. The fraction of sp³-hybridized carbons (Fsp3) is 0.176. The summed E-state index contributed by atoms with van der Waals surface area (Å²) in [6.07, 6.45) is 2.49.